The van der Waals surface area contributed by atoms with E-state index in [0.29, 0.717) is 31.0 Å². The molecule has 1 saturated heterocycles. The fourth-order valence-corrected chi connectivity index (χ4v) is 2.07. The van der Waals surface area contributed by atoms with E-state index in [2.05, 4.69) is 10.3 Å². The Morgan fingerprint density at radius 2 is 2.47 bits per heavy atom. The maximum atomic E-state index is 11.4. The molecule has 5 heteroatoms. The summed E-state index contributed by atoms with van der Waals surface area (Å²) in [5, 5.41) is 2.81. The van der Waals surface area contributed by atoms with Crippen LogP contribution < -0.4 is 15.8 Å². The fourth-order valence-electron chi connectivity index (χ4n) is 2.07. The van der Waals surface area contributed by atoms with E-state index in [9.17, 15) is 4.79 Å². The number of hydrogen-bond donors (Lipinski definition) is 2. The first-order valence-corrected chi connectivity index (χ1v) is 5.85. The van der Waals surface area contributed by atoms with Crippen molar-refractivity contribution in [2.75, 3.05) is 18.9 Å². The number of aromatic nitrogens is 1. The van der Waals surface area contributed by atoms with Gasteiger partial charge in [0.25, 0.3) is 0 Å². The average molecular weight is 235 g/mol. The summed E-state index contributed by atoms with van der Waals surface area (Å²) in [5.74, 6) is 0.903. The van der Waals surface area contributed by atoms with Crippen LogP contribution in [0.25, 0.3) is 0 Å². The van der Waals surface area contributed by atoms with Crippen molar-refractivity contribution < 1.29 is 9.53 Å². The molecule has 1 aliphatic heterocycles. The van der Waals surface area contributed by atoms with Crippen LogP contribution >= 0.6 is 0 Å². The summed E-state index contributed by atoms with van der Waals surface area (Å²) in [6.45, 7) is 3.18. The highest BCUT2D eigenvalue weighted by Crippen LogP contribution is 2.32. The molecule has 3 N–H and O–H groups in total. The summed E-state index contributed by atoms with van der Waals surface area (Å²) in [4.78, 5) is 15.7. The first kappa shape index (κ1) is 11.7. The molecule has 0 aromatic carbocycles. The molecule has 0 unspecified atom stereocenters. The number of rotatable bonds is 3. The summed E-state index contributed by atoms with van der Waals surface area (Å²) in [6.07, 6.45) is 2.98. The zero-order valence-corrected chi connectivity index (χ0v) is 9.90. The molecule has 1 aromatic rings. The maximum Gasteiger partial charge on any atom is 0.220 e. The molecule has 0 spiro atoms. The number of carbonyl (C=O) groups excluding carboxylic acids is 1. The van der Waals surface area contributed by atoms with E-state index >= 15 is 0 Å². The third-order valence-corrected chi connectivity index (χ3v) is 2.84. The SMILES string of the molecule is CCOc1cc(N)cnc1[C@@H]1CCNC(=O)C1. The predicted molar refractivity (Wildman–Crippen MR) is 64.8 cm³/mol. The van der Waals surface area contributed by atoms with Crippen molar-refractivity contribution in [2.45, 2.75) is 25.7 Å². The molecule has 1 atom stereocenters. The van der Waals surface area contributed by atoms with E-state index in [-0.39, 0.29) is 11.8 Å². The highest BCUT2D eigenvalue weighted by Gasteiger charge is 2.24. The van der Waals surface area contributed by atoms with Crippen LogP contribution in [0.1, 0.15) is 31.4 Å². The number of ether oxygens (including phenoxy) is 1. The van der Waals surface area contributed by atoms with Gasteiger partial charge in [-0.25, -0.2) is 0 Å². The second-order valence-electron chi connectivity index (χ2n) is 4.12. The molecule has 1 aromatic heterocycles. The lowest BCUT2D eigenvalue weighted by Gasteiger charge is -2.23. The van der Waals surface area contributed by atoms with Crippen LogP contribution in [0.5, 0.6) is 5.75 Å². The lowest BCUT2D eigenvalue weighted by atomic mass is 9.93. The van der Waals surface area contributed by atoms with E-state index in [1.807, 2.05) is 6.92 Å². The monoisotopic (exact) mass is 235 g/mol. The van der Waals surface area contributed by atoms with Crippen LogP contribution in [0.2, 0.25) is 0 Å². The number of nitrogens with zero attached hydrogens (tertiary/aromatic N) is 1. The minimum atomic E-state index is 0.0716. The molecule has 1 fully saturated rings. The number of anilines is 1. The minimum Gasteiger partial charge on any atom is -0.492 e. The van der Waals surface area contributed by atoms with Crippen molar-refractivity contribution in [3.8, 4) is 5.75 Å². The van der Waals surface area contributed by atoms with Gasteiger partial charge in [0.1, 0.15) is 5.75 Å². The molecule has 17 heavy (non-hydrogen) atoms. The molecule has 2 rings (SSSR count). The summed E-state index contributed by atoms with van der Waals surface area (Å²) in [7, 11) is 0. The van der Waals surface area contributed by atoms with Crippen molar-refractivity contribution in [2.24, 2.45) is 0 Å². The van der Waals surface area contributed by atoms with Gasteiger partial charge in [-0.15, -0.1) is 0 Å². The van der Waals surface area contributed by atoms with Gasteiger partial charge in [0.15, 0.2) is 0 Å². The zero-order valence-electron chi connectivity index (χ0n) is 9.90. The first-order chi connectivity index (χ1) is 8.20. The number of nitrogen functional groups attached to an aromatic ring is 1. The Bertz CT molecular complexity index is 420. The Hall–Kier alpha value is -1.78. The smallest absolute Gasteiger partial charge is 0.220 e. The molecule has 2 heterocycles. The summed E-state index contributed by atoms with van der Waals surface area (Å²) in [5.41, 5.74) is 7.12. The summed E-state index contributed by atoms with van der Waals surface area (Å²) < 4.78 is 5.53. The Balaban J connectivity index is 2.26. The second kappa shape index (κ2) is 5.03. The third-order valence-electron chi connectivity index (χ3n) is 2.84. The number of nitrogens with one attached hydrogen (secondary N) is 1. The molecular formula is C12H17N3O2. The van der Waals surface area contributed by atoms with Gasteiger partial charge < -0.3 is 15.8 Å². The Kier molecular flexibility index (Phi) is 3.46. The molecule has 5 nitrogen and oxygen atoms in total. The van der Waals surface area contributed by atoms with Gasteiger partial charge in [-0.3, -0.25) is 9.78 Å². The van der Waals surface area contributed by atoms with E-state index in [1.54, 1.807) is 12.3 Å². The molecule has 0 radical (unpaired) electrons. The number of amides is 1. The van der Waals surface area contributed by atoms with Crippen LogP contribution in [-0.2, 0) is 4.79 Å². The second-order valence-corrected chi connectivity index (χ2v) is 4.12. The number of piperidine rings is 1. The summed E-state index contributed by atoms with van der Waals surface area (Å²) >= 11 is 0. The van der Waals surface area contributed by atoms with Crippen LogP contribution in [0, 0.1) is 0 Å². The Labute approximate surface area is 100 Å². The van der Waals surface area contributed by atoms with Gasteiger partial charge in [-0.2, -0.15) is 0 Å². The number of pyridine rings is 1. The Morgan fingerprint density at radius 1 is 1.65 bits per heavy atom. The predicted octanol–water partition coefficient (Wildman–Crippen LogP) is 1.06. The van der Waals surface area contributed by atoms with Crippen molar-refractivity contribution in [3.05, 3.63) is 18.0 Å². The van der Waals surface area contributed by atoms with E-state index in [4.69, 9.17) is 10.5 Å². The van der Waals surface area contributed by atoms with Gasteiger partial charge >= 0.3 is 0 Å². The Morgan fingerprint density at radius 3 is 3.18 bits per heavy atom. The van der Waals surface area contributed by atoms with Gasteiger partial charge in [0, 0.05) is 24.9 Å². The molecule has 1 aliphatic rings. The van der Waals surface area contributed by atoms with E-state index < -0.39 is 0 Å². The lowest BCUT2D eigenvalue weighted by Crippen LogP contribution is -2.33. The van der Waals surface area contributed by atoms with Crippen LogP contribution in [-0.4, -0.2) is 24.0 Å². The van der Waals surface area contributed by atoms with Crippen LogP contribution in [0.15, 0.2) is 12.3 Å². The van der Waals surface area contributed by atoms with Crippen molar-refractivity contribution in [1.82, 2.24) is 10.3 Å². The average Bonchev–Trinajstić information content (AvgIpc) is 2.29. The highest BCUT2D eigenvalue weighted by atomic mass is 16.5. The number of carbonyl (C=O) groups is 1. The van der Waals surface area contributed by atoms with Crippen LogP contribution in [0.3, 0.4) is 0 Å². The topological polar surface area (TPSA) is 77.2 Å². The van der Waals surface area contributed by atoms with Gasteiger partial charge in [0.05, 0.1) is 24.2 Å². The standard InChI is InChI=1S/C12H17N3O2/c1-2-17-10-6-9(13)7-15-12(10)8-3-4-14-11(16)5-8/h6-8H,2-5,13H2,1H3,(H,14,16)/t8-/m1/s1. The first-order valence-electron chi connectivity index (χ1n) is 5.85. The lowest BCUT2D eigenvalue weighted by molar-refractivity contribution is -0.122. The van der Waals surface area contributed by atoms with Crippen LogP contribution in [0.4, 0.5) is 5.69 Å². The molecule has 92 valence electrons. The zero-order chi connectivity index (χ0) is 12.3. The molecule has 0 bridgehead atoms. The quantitative estimate of drug-likeness (QED) is 0.821. The largest absolute Gasteiger partial charge is 0.492 e. The van der Waals surface area contributed by atoms with E-state index in [1.165, 1.54) is 0 Å². The molecule has 1 amide bonds. The number of hydrogen-bond acceptors (Lipinski definition) is 4. The molecular weight excluding hydrogens is 218 g/mol. The van der Waals surface area contributed by atoms with Crippen molar-refractivity contribution in [1.29, 1.82) is 0 Å². The molecule has 0 aliphatic carbocycles. The van der Waals surface area contributed by atoms with Gasteiger partial charge in [-0.1, -0.05) is 0 Å². The minimum absolute atomic E-state index is 0.0716. The summed E-state index contributed by atoms with van der Waals surface area (Å²) in [6, 6.07) is 1.78. The third kappa shape index (κ3) is 2.67. The fraction of sp³-hybridized carbons (Fsp3) is 0.500. The number of nitrogens with two attached hydrogens (primary N) is 1. The van der Waals surface area contributed by atoms with Gasteiger partial charge in [0.2, 0.25) is 5.91 Å². The highest BCUT2D eigenvalue weighted by molar-refractivity contribution is 5.77. The van der Waals surface area contributed by atoms with Crippen molar-refractivity contribution >= 4 is 11.6 Å². The normalized spacial score (nSPS) is 19.8. The molecule has 0 saturated carbocycles. The van der Waals surface area contributed by atoms with Gasteiger partial charge in [-0.05, 0) is 13.3 Å². The van der Waals surface area contributed by atoms with E-state index in [0.717, 1.165) is 12.1 Å². The van der Waals surface area contributed by atoms with Crippen molar-refractivity contribution in [3.63, 3.8) is 0 Å². The maximum absolute atomic E-state index is 11.4.